The average Bonchev–Trinajstić information content (AvgIpc) is 3.08. The number of carbonyl (C=O) groups excluding carboxylic acids is 1. The van der Waals surface area contributed by atoms with Crippen molar-refractivity contribution in [2.75, 3.05) is 25.0 Å². The Morgan fingerprint density at radius 3 is 2.34 bits per heavy atom. The molecular formula is C23H29N3O4S2. The minimum atomic E-state index is -3.51. The van der Waals surface area contributed by atoms with Crippen molar-refractivity contribution in [3.05, 3.63) is 54.1 Å². The standard InChI is InChI=1S/C23H29N3O4S2/c1-2-17-30-21-10-6-5-9-20(21)22(27)25-23(31)24-18-11-13-19(14-12-18)32(28,29)26-15-7-3-4-8-16-26/h5-6,9-14H,2-4,7-8,15-17H2,1H3,(H2,24,25,27,31). The lowest BCUT2D eigenvalue weighted by Gasteiger charge is -2.20. The molecule has 0 unspecified atom stereocenters. The van der Waals surface area contributed by atoms with Gasteiger partial charge in [0.1, 0.15) is 5.75 Å². The van der Waals surface area contributed by atoms with Crippen molar-refractivity contribution in [2.45, 2.75) is 43.9 Å². The van der Waals surface area contributed by atoms with Crippen LogP contribution in [0.3, 0.4) is 0 Å². The van der Waals surface area contributed by atoms with E-state index in [4.69, 9.17) is 17.0 Å². The molecule has 0 aliphatic carbocycles. The van der Waals surface area contributed by atoms with Crippen LogP contribution in [-0.4, -0.2) is 43.4 Å². The summed E-state index contributed by atoms with van der Waals surface area (Å²) in [6.45, 7) is 3.62. The summed E-state index contributed by atoms with van der Waals surface area (Å²) in [4.78, 5) is 12.9. The number of hydrogen-bond acceptors (Lipinski definition) is 5. The maximum atomic E-state index is 12.9. The number of carbonyl (C=O) groups is 1. The maximum Gasteiger partial charge on any atom is 0.261 e. The fourth-order valence-electron chi connectivity index (χ4n) is 3.47. The highest BCUT2D eigenvalue weighted by Crippen LogP contribution is 2.22. The van der Waals surface area contributed by atoms with Crippen molar-refractivity contribution in [3.8, 4) is 5.75 Å². The second-order valence-corrected chi connectivity index (χ2v) is 9.94. The molecule has 0 saturated carbocycles. The smallest absolute Gasteiger partial charge is 0.261 e. The number of anilines is 1. The molecule has 7 nitrogen and oxygen atoms in total. The number of benzene rings is 2. The Morgan fingerprint density at radius 2 is 1.69 bits per heavy atom. The predicted molar refractivity (Wildman–Crippen MR) is 130 cm³/mol. The Morgan fingerprint density at radius 1 is 1.03 bits per heavy atom. The van der Waals surface area contributed by atoms with E-state index in [9.17, 15) is 13.2 Å². The van der Waals surface area contributed by atoms with Gasteiger partial charge in [0.25, 0.3) is 5.91 Å². The molecule has 0 spiro atoms. The molecule has 2 N–H and O–H groups in total. The largest absolute Gasteiger partial charge is 0.493 e. The van der Waals surface area contributed by atoms with E-state index in [1.165, 1.54) is 0 Å². The Labute approximate surface area is 195 Å². The van der Waals surface area contributed by atoms with Crippen LogP contribution in [0.5, 0.6) is 5.75 Å². The van der Waals surface area contributed by atoms with E-state index in [0.29, 0.717) is 36.7 Å². The first kappa shape index (κ1) is 24.2. The molecule has 0 radical (unpaired) electrons. The normalized spacial score (nSPS) is 14.9. The van der Waals surface area contributed by atoms with Crippen LogP contribution in [0.15, 0.2) is 53.4 Å². The second-order valence-electron chi connectivity index (χ2n) is 7.60. The van der Waals surface area contributed by atoms with Gasteiger partial charge < -0.3 is 10.1 Å². The van der Waals surface area contributed by atoms with Crippen LogP contribution < -0.4 is 15.4 Å². The molecule has 0 aromatic heterocycles. The lowest BCUT2D eigenvalue weighted by Crippen LogP contribution is -2.34. The number of rotatable bonds is 7. The second kappa shape index (κ2) is 11.4. The Bertz CT molecular complexity index is 1030. The van der Waals surface area contributed by atoms with Gasteiger partial charge in [0.2, 0.25) is 10.0 Å². The lowest BCUT2D eigenvalue weighted by atomic mass is 10.2. The third-order valence-electron chi connectivity index (χ3n) is 5.14. The third kappa shape index (κ3) is 6.27. The van der Waals surface area contributed by atoms with Gasteiger partial charge in [-0.15, -0.1) is 0 Å². The van der Waals surface area contributed by atoms with E-state index in [0.717, 1.165) is 32.1 Å². The quantitative estimate of drug-likeness (QED) is 0.585. The number of hydrogen-bond donors (Lipinski definition) is 2. The maximum absolute atomic E-state index is 12.9. The third-order valence-corrected chi connectivity index (χ3v) is 7.25. The van der Waals surface area contributed by atoms with Crippen LogP contribution in [0.2, 0.25) is 0 Å². The van der Waals surface area contributed by atoms with Gasteiger partial charge in [0.05, 0.1) is 17.1 Å². The molecular weight excluding hydrogens is 446 g/mol. The van der Waals surface area contributed by atoms with E-state index >= 15 is 0 Å². The molecule has 1 fully saturated rings. The van der Waals surface area contributed by atoms with Gasteiger partial charge in [0.15, 0.2) is 5.11 Å². The van der Waals surface area contributed by atoms with Crippen molar-refractivity contribution in [1.29, 1.82) is 0 Å². The van der Waals surface area contributed by atoms with Crippen LogP contribution in [0.25, 0.3) is 0 Å². The zero-order valence-electron chi connectivity index (χ0n) is 18.2. The topological polar surface area (TPSA) is 87.7 Å². The molecule has 1 aliphatic heterocycles. The molecule has 1 heterocycles. The molecule has 2 aromatic carbocycles. The minimum Gasteiger partial charge on any atom is -0.493 e. The van der Waals surface area contributed by atoms with Gasteiger partial charge in [0, 0.05) is 18.8 Å². The number of ether oxygens (including phenoxy) is 1. The highest BCUT2D eigenvalue weighted by molar-refractivity contribution is 7.89. The van der Waals surface area contributed by atoms with Gasteiger partial charge in [-0.1, -0.05) is 31.9 Å². The molecule has 1 aliphatic rings. The number of nitrogens with one attached hydrogen (secondary N) is 2. The van der Waals surface area contributed by atoms with E-state index < -0.39 is 10.0 Å². The summed E-state index contributed by atoms with van der Waals surface area (Å²) in [6.07, 6.45) is 4.73. The number of amides is 1. The molecule has 0 atom stereocenters. The summed E-state index contributed by atoms with van der Waals surface area (Å²) in [6, 6.07) is 13.4. The molecule has 9 heteroatoms. The molecule has 2 aromatic rings. The van der Waals surface area contributed by atoms with E-state index in [1.54, 1.807) is 52.8 Å². The zero-order valence-corrected chi connectivity index (χ0v) is 19.8. The summed E-state index contributed by atoms with van der Waals surface area (Å²) < 4.78 is 33.0. The highest BCUT2D eigenvalue weighted by Gasteiger charge is 2.25. The monoisotopic (exact) mass is 475 g/mol. The first-order valence-corrected chi connectivity index (χ1v) is 12.7. The highest BCUT2D eigenvalue weighted by atomic mass is 32.2. The SMILES string of the molecule is CCCOc1ccccc1C(=O)NC(=S)Nc1ccc(S(=O)(=O)N2CCCCCC2)cc1. The number of nitrogens with zero attached hydrogens (tertiary/aromatic N) is 1. The van der Waals surface area contributed by atoms with Crippen LogP contribution in [0, 0.1) is 0 Å². The zero-order chi connectivity index (χ0) is 23.0. The fourth-order valence-corrected chi connectivity index (χ4v) is 5.19. The van der Waals surface area contributed by atoms with Crippen molar-refractivity contribution >= 4 is 38.9 Å². The molecule has 0 bridgehead atoms. The predicted octanol–water partition coefficient (Wildman–Crippen LogP) is 4.17. The molecule has 172 valence electrons. The minimum absolute atomic E-state index is 0.114. The Balaban J connectivity index is 1.62. The fraction of sp³-hybridized carbons (Fsp3) is 0.391. The molecule has 1 saturated heterocycles. The van der Waals surface area contributed by atoms with Crippen LogP contribution in [-0.2, 0) is 10.0 Å². The van der Waals surface area contributed by atoms with Gasteiger partial charge >= 0.3 is 0 Å². The van der Waals surface area contributed by atoms with Crippen LogP contribution in [0.4, 0.5) is 5.69 Å². The van der Waals surface area contributed by atoms with Crippen molar-refractivity contribution < 1.29 is 17.9 Å². The number of thiocarbonyl (C=S) groups is 1. The van der Waals surface area contributed by atoms with Gasteiger partial charge in [-0.05, 0) is 67.9 Å². The summed E-state index contributed by atoms with van der Waals surface area (Å²) in [5, 5.41) is 5.68. The van der Waals surface area contributed by atoms with Crippen LogP contribution in [0.1, 0.15) is 49.4 Å². The summed E-state index contributed by atoms with van der Waals surface area (Å²) in [5.41, 5.74) is 0.977. The summed E-state index contributed by atoms with van der Waals surface area (Å²) >= 11 is 5.26. The molecule has 1 amide bonds. The molecule has 3 rings (SSSR count). The van der Waals surface area contributed by atoms with Crippen LogP contribution >= 0.6 is 12.2 Å². The van der Waals surface area contributed by atoms with Crippen molar-refractivity contribution in [2.24, 2.45) is 0 Å². The molecule has 32 heavy (non-hydrogen) atoms. The number of para-hydroxylation sites is 1. The lowest BCUT2D eigenvalue weighted by molar-refractivity contribution is 0.0973. The van der Waals surface area contributed by atoms with E-state index in [-0.39, 0.29) is 15.9 Å². The summed E-state index contributed by atoms with van der Waals surface area (Å²) in [5.74, 6) is 0.118. The average molecular weight is 476 g/mol. The van der Waals surface area contributed by atoms with Gasteiger partial charge in [-0.3, -0.25) is 10.1 Å². The Hall–Kier alpha value is -2.49. The number of sulfonamides is 1. The van der Waals surface area contributed by atoms with Crippen molar-refractivity contribution in [1.82, 2.24) is 9.62 Å². The van der Waals surface area contributed by atoms with Gasteiger partial charge in [-0.25, -0.2) is 8.42 Å². The first-order chi connectivity index (χ1) is 15.4. The van der Waals surface area contributed by atoms with E-state index in [1.807, 2.05) is 6.92 Å². The summed E-state index contributed by atoms with van der Waals surface area (Å²) in [7, 11) is -3.51. The first-order valence-electron chi connectivity index (χ1n) is 10.9. The van der Waals surface area contributed by atoms with Gasteiger partial charge in [-0.2, -0.15) is 4.31 Å². The van der Waals surface area contributed by atoms with Crippen molar-refractivity contribution in [3.63, 3.8) is 0 Å². The Kier molecular flexibility index (Phi) is 8.60. The van der Waals surface area contributed by atoms with E-state index in [2.05, 4.69) is 10.6 Å².